The van der Waals surface area contributed by atoms with E-state index in [4.69, 9.17) is 0 Å². The molecule has 1 N–H and O–H groups in total. The Balaban J connectivity index is 2.36. The normalized spacial score (nSPS) is 10.3. The van der Waals surface area contributed by atoms with Gasteiger partial charge in [0.1, 0.15) is 12.2 Å². The second-order valence-corrected chi connectivity index (χ2v) is 5.25. The molecule has 22 heavy (non-hydrogen) atoms. The smallest absolute Gasteiger partial charge is 0.232 e. The van der Waals surface area contributed by atoms with Gasteiger partial charge in [0.2, 0.25) is 11.8 Å². The lowest BCUT2D eigenvalue weighted by Gasteiger charge is -2.21. The third kappa shape index (κ3) is 6.24. The summed E-state index contributed by atoms with van der Waals surface area (Å²) in [7, 11) is 0. The first-order valence-electron chi connectivity index (χ1n) is 7.86. The molecule has 0 aliphatic rings. The average Bonchev–Trinajstić information content (AvgIpc) is 2.49. The SMILES string of the molecule is CCCN(CCC)C(=O)CC(=O)NCCc1ccccc1F. The highest BCUT2D eigenvalue weighted by Gasteiger charge is 2.15. The second-order valence-electron chi connectivity index (χ2n) is 5.25. The number of hydrogen-bond donors (Lipinski definition) is 1. The number of carbonyl (C=O) groups is 2. The quantitative estimate of drug-likeness (QED) is 0.713. The molecule has 0 unspecified atom stereocenters. The van der Waals surface area contributed by atoms with Crippen LogP contribution in [0.3, 0.4) is 0 Å². The van der Waals surface area contributed by atoms with Gasteiger partial charge in [-0.3, -0.25) is 9.59 Å². The fourth-order valence-corrected chi connectivity index (χ4v) is 2.25. The maximum Gasteiger partial charge on any atom is 0.232 e. The molecule has 0 spiro atoms. The van der Waals surface area contributed by atoms with Gasteiger partial charge in [0, 0.05) is 19.6 Å². The fraction of sp³-hybridized carbons (Fsp3) is 0.529. The molecule has 5 heteroatoms. The van der Waals surface area contributed by atoms with Gasteiger partial charge >= 0.3 is 0 Å². The minimum atomic E-state index is -0.307. The maximum atomic E-state index is 13.4. The molecule has 1 rings (SSSR count). The fourth-order valence-electron chi connectivity index (χ4n) is 2.25. The van der Waals surface area contributed by atoms with Crippen LogP contribution in [-0.2, 0) is 16.0 Å². The molecule has 0 aromatic heterocycles. The van der Waals surface area contributed by atoms with Crippen molar-refractivity contribution in [1.82, 2.24) is 10.2 Å². The molecule has 122 valence electrons. The lowest BCUT2D eigenvalue weighted by Crippen LogP contribution is -2.37. The Kier molecular flexibility index (Phi) is 8.18. The van der Waals surface area contributed by atoms with E-state index in [1.807, 2.05) is 13.8 Å². The van der Waals surface area contributed by atoms with E-state index >= 15 is 0 Å². The highest BCUT2D eigenvalue weighted by atomic mass is 19.1. The second kappa shape index (κ2) is 9.92. The summed E-state index contributed by atoms with van der Waals surface area (Å²) in [6.07, 6.45) is 2.03. The number of carbonyl (C=O) groups excluding carboxylic acids is 2. The zero-order chi connectivity index (χ0) is 16.4. The Morgan fingerprint density at radius 3 is 2.36 bits per heavy atom. The summed E-state index contributed by atoms with van der Waals surface area (Å²) < 4.78 is 13.4. The van der Waals surface area contributed by atoms with Gasteiger partial charge in [-0.2, -0.15) is 0 Å². The number of nitrogens with one attached hydrogen (secondary N) is 1. The van der Waals surface area contributed by atoms with Crippen LogP contribution in [0, 0.1) is 5.82 Å². The summed E-state index contributed by atoms with van der Waals surface area (Å²) in [6.45, 7) is 5.69. The molecule has 0 atom stereocenters. The van der Waals surface area contributed by atoms with E-state index in [9.17, 15) is 14.0 Å². The van der Waals surface area contributed by atoms with E-state index in [1.165, 1.54) is 6.07 Å². The molecule has 0 aliphatic heterocycles. The zero-order valence-electron chi connectivity index (χ0n) is 13.4. The van der Waals surface area contributed by atoms with Crippen molar-refractivity contribution in [1.29, 1.82) is 0 Å². The van der Waals surface area contributed by atoms with Gasteiger partial charge < -0.3 is 10.2 Å². The molecule has 2 amide bonds. The van der Waals surface area contributed by atoms with Crippen LogP contribution in [0.5, 0.6) is 0 Å². The summed E-state index contributed by atoms with van der Waals surface area (Å²) in [5.41, 5.74) is 0.563. The van der Waals surface area contributed by atoms with Crippen LogP contribution in [0.4, 0.5) is 4.39 Å². The molecule has 0 fully saturated rings. The largest absolute Gasteiger partial charge is 0.355 e. The molecule has 0 heterocycles. The van der Waals surface area contributed by atoms with Gasteiger partial charge in [0.15, 0.2) is 0 Å². The molecule has 4 nitrogen and oxygen atoms in total. The van der Waals surface area contributed by atoms with E-state index in [0.29, 0.717) is 31.6 Å². The molecule has 1 aromatic carbocycles. The number of benzene rings is 1. The van der Waals surface area contributed by atoms with Crippen LogP contribution < -0.4 is 5.32 Å². The first-order valence-corrected chi connectivity index (χ1v) is 7.86. The average molecular weight is 308 g/mol. The monoisotopic (exact) mass is 308 g/mol. The van der Waals surface area contributed by atoms with E-state index in [2.05, 4.69) is 5.32 Å². The Hall–Kier alpha value is -1.91. The van der Waals surface area contributed by atoms with Crippen LogP contribution >= 0.6 is 0 Å². The van der Waals surface area contributed by atoms with Crippen molar-refractivity contribution in [2.45, 2.75) is 39.5 Å². The van der Waals surface area contributed by atoms with Crippen molar-refractivity contribution < 1.29 is 14.0 Å². The predicted octanol–water partition coefficient (Wildman–Crippen LogP) is 2.52. The first-order chi connectivity index (χ1) is 10.6. The number of nitrogens with zero attached hydrogens (tertiary/aromatic N) is 1. The van der Waals surface area contributed by atoms with Crippen LogP contribution in [-0.4, -0.2) is 36.3 Å². The lowest BCUT2D eigenvalue weighted by atomic mass is 10.1. The molecular formula is C17H25FN2O2. The van der Waals surface area contributed by atoms with Crippen LogP contribution in [0.1, 0.15) is 38.7 Å². The molecule has 0 saturated heterocycles. The third-order valence-electron chi connectivity index (χ3n) is 3.33. The van der Waals surface area contributed by atoms with Gasteiger partial charge in [-0.25, -0.2) is 4.39 Å². The third-order valence-corrected chi connectivity index (χ3v) is 3.33. The zero-order valence-corrected chi connectivity index (χ0v) is 13.4. The highest BCUT2D eigenvalue weighted by Crippen LogP contribution is 2.06. The van der Waals surface area contributed by atoms with E-state index < -0.39 is 0 Å². The van der Waals surface area contributed by atoms with E-state index in [0.717, 1.165) is 12.8 Å². The molecule has 0 radical (unpaired) electrons. The number of amides is 2. The van der Waals surface area contributed by atoms with Crippen LogP contribution in [0.25, 0.3) is 0 Å². The minimum Gasteiger partial charge on any atom is -0.355 e. The highest BCUT2D eigenvalue weighted by molar-refractivity contribution is 5.96. The molecule has 0 saturated carbocycles. The van der Waals surface area contributed by atoms with Crippen molar-refractivity contribution >= 4 is 11.8 Å². The number of hydrogen-bond acceptors (Lipinski definition) is 2. The topological polar surface area (TPSA) is 49.4 Å². The Labute approximate surface area is 131 Å². The molecule has 0 bridgehead atoms. The van der Waals surface area contributed by atoms with Crippen molar-refractivity contribution in [3.8, 4) is 0 Å². The summed E-state index contributed by atoms with van der Waals surface area (Å²) in [6, 6.07) is 6.48. The van der Waals surface area contributed by atoms with Crippen molar-refractivity contribution in [2.75, 3.05) is 19.6 Å². The van der Waals surface area contributed by atoms with Gasteiger partial charge in [0.05, 0.1) is 0 Å². The molecule has 1 aromatic rings. The predicted molar refractivity (Wildman–Crippen MR) is 84.9 cm³/mol. The van der Waals surface area contributed by atoms with Crippen LogP contribution in [0.2, 0.25) is 0 Å². The van der Waals surface area contributed by atoms with Gasteiger partial charge in [0.25, 0.3) is 0 Å². The van der Waals surface area contributed by atoms with E-state index in [1.54, 1.807) is 23.1 Å². The lowest BCUT2D eigenvalue weighted by molar-refractivity contribution is -0.136. The summed E-state index contributed by atoms with van der Waals surface area (Å²) in [4.78, 5) is 25.5. The van der Waals surface area contributed by atoms with Crippen molar-refractivity contribution in [2.24, 2.45) is 0 Å². The maximum absolute atomic E-state index is 13.4. The van der Waals surface area contributed by atoms with Crippen LogP contribution in [0.15, 0.2) is 24.3 Å². The summed E-state index contributed by atoms with van der Waals surface area (Å²) in [5, 5.41) is 2.68. The number of halogens is 1. The minimum absolute atomic E-state index is 0.142. The van der Waals surface area contributed by atoms with Crippen molar-refractivity contribution in [3.05, 3.63) is 35.6 Å². The van der Waals surface area contributed by atoms with Gasteiger partial charge in [-0.1, -0.05) is 32.0 Å². The summed E-state index contributed by atoms with van der Waals surface area (Å²) in [5.74, 6) is -0.726. The standard InChI is InChI=1S/C17H25FN2O2/c1-3-11-20(12-4-2)17(22)13-16(21)19-10-9-14-7-5-6-8-15(14)18/h5-8H,3-4,9-13H2,1-2H3,(H,19,21). The van der Waals surface area contributed by atoms with E-state index in [-0.39, 0.29) is 24.1 Å². The molecular weight excluding hydrogens is 283 g/mol. The Morgan fingerprint density at radius 1 is 1.14 bits per heavy atom. The van der Waals surface area contributed by atoms with Gasteiger partial charge in [-0.15, -0.1) is 0 Å². The van der Waals surface area contributed by atoms with Crippen molar-refractivity contribution in [3.63, 3.8) is 0 Å². The van der Waals surface area contributed by atoms with Gasteiger partial charge in [-0.05, 0) is 30.9 Å². The number of rotatable bonds is 9. The Morgan fingerprint density at radius 2 is 1.77 bits per heavy atom. The Bertz CT molecular complexity index is 485. The summed E-state index contributed by atoms with van der Waals surface area (Å²) >= 11 is 0. The first kappa shape index (κ1) is 18.1. The molecule has 0 aliphatic carbocycles.